The van der Waals surface area contributed by atoms with Crippen molar-refractivity contribution in [2.24, 2.45) is 0 Å². The van der Waals surface area contributed by atoms with Crippen LogP contribution < -0.4 is 5.32 Å². The molecule has 2 N–H and O–H groups in total. The number of halogens is 3. The van der Waals surface area contributed by atoms with Gasteiger partial charge in [0.05, 0.1) is 29.4 Å². The van der Waals surface area contributed by atoms with Crippen LogP contribution in [-0.4, -0.2) is 44.2 Å². The Hall–Kier alpha value is -3.56. The third-order valence-electron chi connectivity index (χ3n) is 6.11. The monoisotopic (exact) mass is 479 g/mol. The van der Waals surface area contributed by atoms with Gasteiger partial charge in [0.25, 0.3) is 0 Å². The number of hydrogen-bond acceptors (Lipinski definition) is 6. The average molecular weight is 480 g/mol. The molecule has 0 aliphatic carbocycles. The van der Waals surface area contributed by atoms with Gasteiger partial charge in [0, 0.05) is 35.9 Å². The number of aryl methyl sites for hydroxylation is 1. The molecule has 9 heteroatoms. The predicted molar refractivity (Wildman–Crippen MR) is 128 cm³/mol. The molecule has 4 aromatic rings. The van der Waals surface area contributed by atoms with Gasteiger partial charge in [0.1, 0.15) is 11.6 Å². The van der Waals surface area contributed by atoms with Gasteiger partial charge >= 0.3 is 6.18 Å². The summed E-state index contributed by atoms with van der Waals surface area (Å²) >= 11 is 0. The maximum atomic E-state index is 13.0. The second kappa shape index (κ2) is 9.24. The molecular formula is C26H24F3N5O. The standard InChI is InChI=1S/C26H24F3N5O/c1-16-3-2-11-30-24(16)17-4-9-21-22(13-17)32-23(15-34-12-10-20(35)14-34)33-25(21)31-19-7-5-18(6-8-19)26(27,28)29/h2-9,11,13,20,35H,10,12,14-15H2,1H3,(H,31,32,33). The molecule has 1 aliphatic rings. The van der Waals surface area contributed by atoms with Crippen LogP contribution >= 0.6 is 0 Å². The first kappa shape index (κ1) is 23.2. The molecule has 0 bridgehead atoms. The van der Waals surface area contributed by atoms with Crippen molar-refractivity contribution in [3.05, 3.63) is 77.7 Å². The molecule has 180 valence electrons. The van der Waals surface area contributed by atoms with Gasteiger partial charge in [-0.15, -0.1) is 0 Å². The quantitative estimate of drug-likeness (QED) is 0.403. The van der Waals surface area contributed by atoms with E-state index in [2.05, 4.69) is 15.2 Å². The number of pyridine rings is 1. The topological polar surface area (TPSA) is 74.2 Å². The lowest BCUT2D eigenvalue weighted by Crippen LogP contribution is -2.23. The summed E-state index contributed by atoms with van der Waals surface area (Å²) in [6.07, 6.45) is -2.31. The van der Waals surface area contributed by atoms with Crippen LogP contribution in [0.4, 0.5) is 24.7 Å². The van der Waals surface area contributed by atoms with Crippen LogP contribution in [0.5, 0.6) is 0 Å². The van der Waals surface area contributed by atoms with Crippen molar-refractivity contribution in [1.82, 2.24) is 19.9 Å². The third-order valence-corrected chi connectivity index (χ3v) is 6.11. The molecule has 6 nitrogen and oxygen atoms in total. The third kappa shape index (κ3) is 5.11. The van der Waals surface area contributed by atoms with Crippen molar-refractivity contribution in [3.63, 3.8) is 0 Å². The number of alkyl halides is 3. The van der Waals surface area contributed by atoms with Crippen molar-refractivity contribution >= 4 is 22.4 Å². The van der Waals surface area contributed by atoms with Crippen LogP contribution in [0.25, 0.3) is 22.2 Å². The molecule has 2 aromatic carbocycles. The summed E-state index contributed by atoms with van der Waals surface area (Å²) in [4.78, 5) is 16.1. The van der Waals surface area contributed by atoms with Crippen molar-refractivity contribution < 1.29 is 18.3 Å². The average Bonchev–Trinajstić information content (AvgIpc) is 3.23. The second-order valence-corrected chi connectivity index (χ2v) is 8.77. The Morgan fingerprint density at radius 3 is 2.57 bits per heavy atom. The van der Waals surface area contributed by atoms with E-state index < -0.39 is 11.7 Å². The fourth-order valence-corrected chi connectivity index (χ4v) is 4.31. The molecule has 1 fully saturated rings. The number of aliphatic hydroxyl groups is 1. The van der Waals surface area contributed by atoms with Gasteiger partial charge in [0.2, 0.25) is 0 Å². The normalized spacial score (nSPS) is 16.7. The maximum Gasteiger partial charge on any atom is 0.416 e. The fraction of sp³-hybridized carbons (Fsp3) is 0.269. The summed E-state index contributed by atoms with van der Waals surface area (Å²) in [5.74, 6) is 1.07. The first-order valence-corrected chi connectivity index (χ1v) is 11.3. The van der Waals surface area contributed by atoms with Crippen LogP contribution in [0.1, 0.15) is 23.4 Å². The van der Waals surface area contributed by atoms with E-state index in [1.54, 1.807) is 6.20 Å². The number of rotatable bonds is 5. The minimum Gasteiger partial charge on any atom is -0.392 e. The van der Waals surface area contributed by atoms with E-state index in [9.17, 15) is 18.3 Å². The molecular weight excluding hydrogens is 455 g/mol. The lowest BCUT2D eigenvalue weighted by molar-refractivity contribution is -0.137. The van der Waals surface area contributed by atoms with Crippen molar-refractivity contribution in [2.45, 2.75) is 32.2 Å². The minimum absolute atomic E-state index is 0.362. The number of nitrogens with zero attached hydrogens (tertiary/aromatic N) is 4. The molecule has 1 saturated heterocycles. The largest absolute Gasteiger partial charge is 0.416 e. The number of nitrogens with one attached hydrogen (secondary N) is 1. The van der Waals surface area contributed by atoms with E-state index in [-0.39, 0.29) is 6.10 Å². The molecule has 0 amide bonds. The van der Waals surface area contributed by atoms with Gasteiger partial charge in [-0.1, -0.05) is 12.1 Å². The minimum atomic E-state index is -4.40. The zero-order valence-corrected chi connectivity index (χ0v) is 19.0. The van der Waals surface area contributed by atoms with Crippen LogP contribution in [0.3, 0.4) is 0 Å². The number of benzene rings is 2. The molecule has 0 saturated carbocycles. The van der Waals surface area contributed by atoms with Crippen molar-refractivity contribution in [1.29, 1.82) is 0 Å². The zero-order valence-electron chi connectivity index (χ0n) is 19.0. The second-order valence-electron chi connectivity index (χ2n) is 8.77. The van der Waals surface area contributed by atoms with Crippen LogP contribution in [0.2, 0.25) is 0 Å². The van der Waals surface area contributed by atoms with E-state index in [1.165, 1.54) is 12.1 Å². The van der Waals surface area contributed by atoms with Gasteiger partial charge in [-0.05, 0) is 61.4 Å². The molecule has 5 rings (SSSR count). The Morgan fingerprint density at radius 2 is 1.89 bits per heavy atom. The highest BCUT2D eigenvalue weighted by atomic mass is 19.4. The highest BCUT2D eigenvalue weighted by Crippen LogP contribution is 2.32. The maximum absolute atomic E-state index is 13.0. The number of aromatic nitrogens is 3. The predicted octanol–water partition coefficient (Wildman–Crippen LogP) is 5.33. The number of fused-ring (bicyclic) bond motifs is 1. The molecule has 1 aliphatic heterocycles. The Labute approximate surface area is 200 Å². The van der Waals surface area contributed by atoms with Crippen molar-refractivity contribution in [2.75, 3.05) is 18.4 Å². The smallest absolute Gasteiger partial charge is 0.392 e. The Bertz CT molecular complexity index is 1360. The van der Waals surface area contributed by atoms with Crippen molar-refractivity contribution in [3.8, 4) is 11.3 Å². The number of hydrogen-bond donors (Lipinski definition) is 2. The number of anilines is 2. The lowest BCUT2D eigenvalue weighted by atomic mass is 10.0. The Balaban J connectivity index is 1.54. The molecule has 0 radical (unpaired) electrons. The lowest BCUT2D eigenvalue weighted by Gasteiger charge is -2.17. The summed E-state index contributed by atoms with van der Waals surface area (Å²) < 4.78 is 38.9. The highest BCUT2D eigenvalue weighted by molar-refractivity contribution is 5.93. The van der Waals surface area contributed by atoms with Gasteiger partial charge in [-0.25, -0.2) is 9.97 Å². The summed E-state index contributed by atoms with van der Waals surface area (Å²) in [6.45, 7) is 3.75. The summed E-state index contributed by atoms with van der Waals surface area (Å²) in [5.41, 5.74) is 3.29. The van der Waals surface area contributed by atoms with Gasteiger partial charge in [-0.3, -0.25) is 9.88 Å². The molecule has 3 heterocycles. The van der Waals surface area contributed by atoms with E-state index in [4.69, 9.17) is 9.97 Å². The first-order valence-electron chi connectivity index (χ1n) is 11.3. The number of β-amino-alcohol motifs (C(OH)–C–C–N with tert-alkyl or cyclic N) is 1. The summed E-state index contributed by atoms with van der Waals surface area (Å²) in [6, 6.07) is 14.5. The molecule has 1 unspecified atom stereocenters. The summed E-state index contributed by atoms with van der Waals surface area (Å²) in [7, 11) is 0. The Morgan fingerprint density at radius 1 is 1.09 bits per heavy atom. The van der Waals surface area contributed by atoms with Gasteiger partial charge in [0.15, 0.2) is 0 Å². The first-order chi connectivity index (χ1) is 16.8. The molecule has 0 spiro atoms. The molecule has 1 atom stereocenters. The van der Waals surface area contributed by atoms with E-state index >= 15 is 0 Å². The highest BCUT2D eigenvalue weighted by Gasteiger charge is 2.30. The van der Waals surface area contributed by atoms with Gasteiger partial charge < -0.3 is 10.4 Å². The molecule has 2 aromatic heterocycles. The Kier molecular flexibility index (Phi) is 6.12. The van der Waals surface area contributed by atoms with E-state index in [0.717, 1.165) is 40.9 Å². The summed E-state index contributed by atoms with van der Waals surface area (Å²) in [5, 5.41) is 13.8. The zero-order chi connectivity index (χ0) is 24.6. The van der Waals surface area contributed by atoms with E-state index in [0.29, 0.717) is 42.4 Å². The number of aliphatic hydroxyl groups excluding tert-OH is 1. The SMILES string of the molecule is Cc1cccnc1-c1ccc2c(Nc3ccc(C(F)(F)F)cc3)nc(CN3CCC(O)C3)nc2c1. The fourth-order valence-electron chi connectivity index (χ4n) is 4.31. The van der Waals surface area contributed by atoms with Crippen LogP contribution in [0, 0.1) is 6.92 Å². The number of likely N-dealkylation sites (tertiary alicyclic amines) is 1. The molecule has 35 heavy (non-hydrogen) atoms. The van der Waals surface area contributed by atoms with Crippen LogP contribution in [0.15, 0.2) is 60.8 Å². The van der Waals surface area contributed by atoms with E-state index in [1.807, 2.05) is 37.3 Å². The van der Waals surface area contributed by atoms with Crippen LogP contribution in [-0.2, 0) is 12.7 Å². The van der Waals surface area contributed by atoms with Gasteiger partial charge in [-0.2, -0.15) is 13.2 Å².